The van der Waals surface area contributed by atoms with Gasteiger partial charge in [0.15, 0.2) is 0 Å². The minimum absolute atomic E-state index is 0.136. The summed E-state index contributed by atoms with van der Waals surface area (Å²) in [6, 6.07) is 7.38. The van der Waals surface area contributed by atoms with Crippen LogP contribution in [0.3, 0.4) is 0 Å². The first-order valence-electron chi connectivity index (χ1n) is 7.72. The van der Waals surface area contributed by atoms with Crippen molar-refractivity contribution >= 4 is 33.5 Å². The van der Waals surface area contributed by atoms with Crippen molar-refractivity contribution in [3.05, 3.63) is 51.4 Å². The van der Waals surface area contributed by atoms with E-state index in [1.54, 1.807) is 24.9 Å². The Labute approximate surface area is 155 Å². The van der Waals surface area contributed by atoms with Gasteiger partial charge < -0.3 is 14.5 Å². The predicted octanol–water partition coefficient (Wildman–Crippen LogP) is 3.52. The Bertz CT molecular complexity index is 785. The van der Waals surface area contributed by atoms with Crippen LogP contribution in [-0.2, 0) is 16.1 Å². The highest BCUT2D eigenvalue weighted by Gasteiger charge is 2.17. The second-order valence-electron chi connectivity index (χ2n) is 5.88. The molecule has 0 aliphatic rings. The van der Waals surface area contributed by atoms with E-state index in [0.717, 1.165) is 15.7 Å². The van der Waals surface area contributed by atoms with Crippen LogP contribution in [0.5, 0.6) is 0 Å². The third kappa shape index (κ3) is 5.17. The first kappa shape index (κ1) is 19.2. The maximum Gasteiger partial charge on any atom is 0.341 e. The quantitative estimate of drug-likeness (QED) is 0.740. The number of nitrogens with zero attached hydrogens (tertiary/aromatic N) is 1. The van der Waals surface area contributed by atoms with E-state index in [9.17, 15) is 9.59 Å². The number of halogens is 1. The topological polar surface area (TPSA) is 71.8 Å². The van der Waals surface area contributed by atoms with Crippen LogP contribution in [0.15, 0.2) is 33.2 Å². The average molecular weight is 409 g/mol. The van der Waals surface area contributed by atoms with Crippen molar-refractivity contribution in [3.63, 3.8) is 0 Å². The molecule has 0 aliphatic heterocycles. The van der Waals surface area contributed by atoms with Crippen LogP contribution in [0.2, 0.25) is 0 Å². The minimum Gasteiger partial charge on any atom is -0.465 e. The lowest BCUT2D eigenvalue weighted by Gasteiger charge is -2.15. The lowest BCUT2D eigenvalue weighted by Crippen LogP contribution is -2.29. The van der Waals surface area contributed by atoms with E-state index in [-0.39, 0.29) is 12.5 Å². The number of anilines is 1. The van der Waals surface area contributed by atoms with Gasteiger partial charge in [-0.05, 0) is 60.6 Å². The Kier molecular flexibility index (Phi) is 6.39. The van der Waals surface area contributed by atoms with Gasteiger partial charge in [0, 0.05) is 4.47 Å². The predicted molar refractivity (Wildman–Crippen MR) is 98.6 cm³/mol. The van der Waals surface area contributed by atoms with Gasteiger partial charge in [-0.25, -0.2) is 4.79 Å². The highest BCUT2D eigenvalue weighted by Crippen LogP contribution is 2.23. The number of hydrogen-bond acceptors (Lipinski definition) is 5. The third-order valence-corrected chi connectivity index (χ3v) is 4.27. The van der Waals surface area contributed by atoms with Crippen molar-refractivity contribution in [1.82, 2.24) is 4.90 Å². The Morgan fingerprint density at radius 2 is 2.00 bits per heavy atom. The van der Waals surface area contributed by atoms with Crippen molar-refractivity contribution < 1.29 is 18.7 Å². The van der Waals surface area contributed by atoms with Crippen LogP contribution in [0.4, 0.5) is 5.69 Å². The average Bonchev–Trinajstić information content (AvgIpc) is 2.89. The summed E-state index contributed by atoms with van der Waals surface area (Å²) in [5.74, 6) is 0.536. The number of ether oxygens (including phenoxy) is 1. The van der Waals surface area contributed by atoms with E-state index in [0.29, 0.717) is 23.6 Å². The van der Waals surface area contributed by atoms with E-state index in [1.165, 1.54) is 7.11 Å². The van der Waals surface area contributed by atoms with Gasteiger partial charge in [0.2, 0.25) is 5.91 Å². The molecule has 7 heteroatoms. The second kappa shape index (κ2) is 8.31. The van der Waals surface area contributed by atoms with Crippen molar-refractivity contribution in [2.75, 3.05) is 26.0 Å². The molecule has 0 bridgehead atoms. The van der Waals surface area contributed by atoms with Crippen molar-refractivity contribution in [1.29, 1.82) is 0 Å². The van der Waals surface area contributed by atoms with Crippen molar-refractivity contribution in [2.45, 2.75) is 20.4 Å². The molecule has 1 N–H and O–H groups in total. The van der Waals surface area contributed by atoms with Crippen molar-refractivity contribution in [2.24, 2.45) is 0 Å². The zero-order chi connectivity index (χ0) is 18.6. The largest absolute Gasteiger partial charge is 0.465 e. The highest BCUT2D eigenvalue weighted by atomic mass is 79.9. The number of likely N-dealkylation sites (N-methyl/N-ethyl adjacent to an activating group) is 1. The number of carbonyl (C=O) groups is 2. The minimum atomic E-state index is -0.433. The van der Waals surface area contributed by atoms with E-state index < -0.39 is 5.97 Å². The van der Waals surface area contributed by atoms with Crippen LogP contribution in [0, 0.1) is 13.8 Å². The summed E-state index contributed by atoms with van der Waals surface area (Å²) in [4.78, 5) is 25.6. The van der Waals surface area contributed by atoms with Crippen LogP contribution < -0.4 is 5.32 Å². The number of amides is 1. The molecule has 0 spiro atoms. The number of rotatable bonds is 6. The summed E-state index contributed by atoms with van der Waals surface area (Å²) in [6.07, 6.45) is 0. The van der Waals surface area contributed by atoms with Crippen LogP contribution in [-0.4, -0.2) is 37.5 Å². The number of aryl methyl sites for hydroxylation is 2. The van der Waals surface area contributed by atoms with E-state index >= 15 is 0 Å². The molecule has 2 rings (SSSR count). The summed E-state index contributed by atoms with van der Waals surface area (Å²) in [7, 11) is 3.13. The first-order chi connectivity index (χ1) is 11.8. The lowest BCUT2D eigenvalue weighted by atomic mass is 10.2. The number of nitrogens with one attached hydrogen (secondary N) is 1. The molecule has 1 aromatic carbocycles. The Balaban J connectivity index is 1.94. The second-order valence-corrected chi connectivity index (χ2v) is 6.73. The molecule has 134 valence electrons. The smallest absolute Gasteiger partial charge is 0.341 e. The number of esters is 1. The SMILES string of the molecule is COC(=O)c1cc(CN(C)CC(=O)Nc2ccc(C)cc2Br)oc1C. The molecule has 0 fully saturated rings. The number of hydrogen-bond donors (Lipinski definition) is 1. The van der Waals surface area contributed by atoms with E-state index in [2.05, 4.69) is 21.2 Å². The molecule has 0 atom stereocenters. The van der Waals surface area contributed by atoms with E-state index in [4.69, 9.17) is 9.15 Å². The van der Waals surface area contributed by atoms with E-state index in [1.807, 2.05) is 25.1 Å². The summed E-state index contributed by atoms with van der Waals surface area (Å²) in [6.45, 7) is 4.28. The van der Waals surface area contributed by atoms with Gasteiger partial charge in [-0.2, -0.15) is 0 Å². The van der Waals surface area contributed by atoms with Crippen LogP contribution in [0.1, 0.15) is 27.4 Å². The molecular weight excluding hydrogens is 388 g/mol. The Morgan fingerprint density at radius 1 is 1.28 bits per heavy atom. The molecule has 1 aromatic heterocycles. The third-order valence-electron chi connectivity index (χ3n) is 3.61. The monoisotopic (exact) mass is 408 g/mol. The number of carbonyl (C=O) groups excluding carboxylic acids is 2. The van der Waals surface area contributed by atoms with Crippen LogP contribution in [0.25, 0.3) is 0 Å². The molecule has 1 heterocycles. The molecule has 0 unspecified atom stereocenters. The molecule has 0 radical (unpaired) electrons. The zero-order valence-corrected chi connectivity index (χ0v) is 16.3. The summed E-state index contributed by atoms with van der Waals surface area (Å²) >= 11 is 3.44. The first-order valence-corrected chi connectivity index (χ1v) is 8.51. The summed E-state index contributed by atoms with van der Waals surface area (Å²) in [5, 5.41) is 2.87. The van der Waals surface area contributed by atoms with Gasteiger partial charge in [0.25, 0.3) is 0 Å². The molecule has 25 heavy (non-hydrogen) atoms. The van der Waals surface area contributed by atoms with Gasteiger partial charge >= 0.3 is 5.97 Å². The van der Waals surface area contributed by atoms with Crippen LogP contribution >= 0.6 is 15.9 Å². The Morgan fingerprint density at radius 3 is 2.64 bits per heavy atom. The zero-order valence-electron chi connectivity index (χ0n) is 14.7. The fraction of sp³-hybridized carbons (Fsp3) is 0.333. The normalized spacial score (nSPS) is 10.8. The standard InChI is InChI=1S/C18H21BrN2O4/c1-11-5-6-16(15(19)7-11)20-17(22)10-21(3)9-13-8-14(12(2)25-13)18(23)24-4/h5-8H,9-10H2,1-4H3,(H,20,22). The lowest BCUT2D eigenvalue weighted by molar-refractivity contribution is -0.117. The molecule has 0 aliphatic carbocycles. The molecule has 1 amide bonds. The Hall–Kier alpha value is -2.12. The maximum absolute atomic E-state index is 12.2. The van der Waals surface area contributed by atoms with Gasteiger partial charge in [0.05, 0.1) is 25.9 Å². The fourth-order valence-corrected chi connectivity index (χ4v) is 3.00. The molecule has 2 aromatic rings. The summed E-state index contributed by atoms with van der Waals surface area (Å²) < 4.78 is 11.1. The van der Waals surface area contributed by atoms with Gasteiger partial charge in [-0.15, -0.1) is 0 Å². The molecular formula is C18H21BrN2O4. The maximum atomic E-state index is 12.2. The van der Waals surface area contributed by atoms with Gasteiger partial charge in [-0.3, -0.25) is 9.69 Å². The molecule has 6 nitrogen and oxygen atoms in total. The number of furan rings is 1. The fourth-order valence-electron chi connectivity index (χ4n) is 2.41. The number of benzene rings is 1. The molecule has 0 saturated heterocycles. The van der Waals surface area contributed by atoms with Gasteiger partial charge in [-0.1, -0.05) is 6.07 Å². The molecule has 0 saturated carbocycles. The van der Waals surface area contributed by atoms with Crippen molar-refractivity contribution in [3.8, 4) is 0 Å². The number of methoxy groups -OCH3 is 1. The summed E-state index contributed by atoms with van der Waals surface area (Å²) in [5.41, 5.74) is 2.24. The van der Waals surface area contributed by atoms with Gasteiger partial charge in [0.1, 0.15) is 17.1 Å². The highest BCUT2D eigenvalue weighted by molar-refractivity contribution is 9.10.